The van der Waals surface area contributed by atoms with Crippen LogP contribution in [0.3, 0.4) is 0 Å². The first-order chi connectivity index (χ1) is 11.5. The molecule has 0 atom stereocenters. The molecule has 1 aromatic carbocycles. The fourth-order valence-corrected chi connectivity index (χ4v) is 2.83. The molecule has 1 saturated heterocycles. The zero-order chi connectivity index (χ0) is 17.1. The van der Waals surface area contributed by atoms with E-state index >= 15 is 0 Å². The summed E-state index contributed by atoms with van der Waals surface area (Å²) in [6.07, 6.45) is 3.28. The fourth-order valence-electron chi connectivity index (χ4n) is 2.83. The molecule has 0 unspecified atom stereocenters. The lowest BCUT2D eigenvalue weighted by molar-refractivity contribution is -0.126. The number of urea groups is 1. The van der Waals surface area contributed by atoms with Crippen molar-refractivity contribution in [3.05, 3.63) is 35.4 Å². The molecule has 1 aromatic rings. The Morgan fingerprint density at radius 1 is 1.12 bits per heavy atom. The Morgan fingerprint density at radius 3 is 2.46 bits per heavy atom. The zero-order valence-corrected chi connectivity index (χ0v) is 13.4. The maximum atomic E-state index is 13.6. The van der Waals surface area contributed by atoms with E-state index in [2.05, 4.69) is 10.6 Å². The van der Waals surface area contributed by atoms with Crippen molar-refractivity contribution < 1.29 is 18.4 Å². The SMILES string of the molecule is O=C(NCc1ccc(F)cc1F)C1CCN(C(=O)NC2CC2)CC1. The summed E-state index contributed by atoms with van der Waals surface area (Å²) >= 11 is 0. The van der Waals surface area contributed by atoms with Gasteiger partial charge in [0.25, 0.3) is 0 Å². The number of piperidine rings is 1. The highest BCUT2D eigenvalue weighted by Crippen LogP contribution is 2.21. The van der Waals surface area contributed by atoms with E-state index in [4.69, 9.17) is 0 Å². The number of carbonyl (C=O) groups excluding carboxylic acids is 2. The third kappa shape index (κ3) is 4.21. The first-order valence-electron chi connectivity index (χ1n) is 8.30. The number of halogens is 2. The molecular formula is C17H21F2N3O2. The highest BCUT2D eigenvalue weighted by Gasteiger charge is 2.30. The van der Waals surface area contributed by atoms with Gasteiger partial charge in [0.15, 0.2) is 0 Å². The largest absolute Gasteiger partial charge is 0.352 e. The molecule has 3 rings (SSSR count). The van der Waals surface area contributed by atoms with E-state index in [1.165, 1.54) is 12.1 Å². The first-order valence-corrected chi connectivity index (χ1v) is 8.30. The molecule has 1 heterocycles. The molecule has 7 heteroatoms. The molecule has 0 bridgehead atoms. The summed E-state index contributed by atoms with van der Waals surface area (Å²) < 4.78 is 26.4. The van der Waals surface area contributed by atoms with Gasteiger partial charge < -0.3 is 15.5 Å². The van der Waals surface area contributed by atoms with Crippen molar-refractivity contribution in [2.75, 3.05) is 13.1 Å². The van der Waals surface area contributed by atoms with Crippen molar-refractivity contribution in [2.45, 2.75) is 38.3 Å². The van der Waals surface area contributed by atoms with Crippen LogP contribution in [0.25, 0.3) is 0 Å². The van der Waals surface area contributed by atoms with Crippen molar-refractivity contribution >= 4 is 11.9 Å². The van der Waals surface area contributed by atoms with Crippen molar-refractivity contribution in [1.29, 1.82) is 0 Å². The molecule has 0 spiro atoms. The highest BCUT2D eigenvalue weighted by atomic mass is 19.1. The quantitative estimate of drug-likeness (QED) is 0.884. The summed E-state index contributed by atoms with van der Waals surface area (Å²) in [5, 5.41) is 5.63. The summed E-state index contributed by atoms with van der Waals surface area (Å²) in [7, 11) is 0. The Balaban J connectivity index is 1.43. The molecule has 2 fully saturated rings. The van der Waals surface area contributed by atoms with E-state index in [0.717, 1.165) is 18.9 Å². The van der Waals surface area contributed by atoms with Crippen molar-refractivity contribution in [2.24, 2.45) is 5.92 Å². The van der Waals surface area contributed by atoms with Crippen LogP contribution < -0.4 is 10.6 Å². The molecule has 2 aliphatic rings. The molecule has 2 N–H and O–H groups in total. The van der Waals surface area contributed by atoms with Crippen LogP contribution in [0.2, 0.25) is 0 Å². The lowest BCUT2D eigenvalue weighted by atomic mass is 9.96. The second kappa shape index (κ2) is 7.15. The molecule has 1 aliphatic carbocycles. The van der Waals surface area contributed by atoms with Crippen LogP contribution in [-0.2, 0) is 11.3 Å². The van der Waals surface area contributed by atoms with Gasteiger partial charge in [-0.15, -0.1) is 0 Å². The van der Waals surface area contributed by atoms with Crippen LogP contribution in [0, 0.1) is 17.6 Å². The Morgan fingerprint density at radius 2 is 1.83 bits per heavy atom. The van der Waals surface area contributed by atoms with Gasteiger partial charge in [0.2, 0.25) is 5.91 Å². The maximum Gasteiger partial charge on any atom is 0.317 e. The molecule has 1 saturated carbocycles. The number of carbonyl (C=O) groups is 2. The standard InChI is InChI=1S/C17H21F2N3O2/c18-13-2-1-12(15(19)9-13)10-20-16(23)11-5-7-22(8-6-11)17(24)21-14-3-4-14/h1-2,9,11,14H,3-8,10H2,(H,20,23)(H,21,24). The molecule has 130 valence electrons. The zero-order valence-electron chi connectivity index (χ0n) is 13.4. The van der Waals surface area contributed by atoms with Crippen LogP contribution >= 0.6 is 0 Å². The lowest BCUT2D eigenvalue weighted by Gasteiger charge is -2.31. The fraction of sp³-hybridized carbons (Fsp3) is 0.529. The molecule has 5 nitrogen and oxygen atoms in total. The Bertz CT molecular complexity index is 626. The number of rotatable bonds is 4. The minimum atomic E-state index is -0.665. The lowest BCUT2D eigenvalue weighted by Crippen LogP contribution is -2.47. The third-order valence-corrected chi connectivity index (χ3v) is 4.53. The second-order valence-corrected chi connectivity index (χ2v) is 6.44. The molecule has 24 heavy (non-hydrogen) atoms. The average Bonchev–Trinajstić information content (AvgIpc) is 3.38. The van der Waals surface area contributed by atoms with Gasteiger partial charge in [0.1, 0.15) is 11.6 Å². The van der Waals surface area contributed by atoms with Crippen LogP contribution in [-0.4, -0.2) is 36.0 Å². The molecule has 3 amide bonds. The van der Waals surface area contributed by atoms with Crippen LogP contribution in [0.1, 0.15) is 31.2 Å². The number of nitrogens with one attached hydrogen (secondary N) is 2. The monoisotopic (exact) mass is 337 g/mol. The summed E-state index contributed by atoms with van der Waals surface area (Å²) in [6.45, 7) is 1.12. The highest BCUT2D eigenvalue weighted by molar-refractivity contribution is 5.79. The van der Waals surface area contributed by atoms with E-state index in [1.807, 2.05) is 0 Å². The molecule has 0 aromatic heterocycles. The maximum absolute atomic E-state index is 13.6. The Kier molecular flexibility index (Phi) is 4.97. The van der Waals surface area contributed by atoms with E-state index < -0.39 is 11.6 Å². The first kappa shape index (κ1) is 16.7. The molecule has 0 radical (unpaired) electrons. The second-order valence-electron chi connectivity index (χ2n) is 6.44. The minimum absolute atomic E-state index is 0.0350. The number of hydrogen-bond donors (Lipinski definition) is 2. The van der Waals surface area contributed by atoms with E-state index in [9.17, 15) is 18.4 Å². The summed E-state index contributed by atoms with van der Waals surface area (Å²) in [6, 6.07) is 3.57. The topological polar surface area (TPSA) is 61.4 Å². The van der Waals surface area contributed by atoms with Gasteiger partial charge in [-0.2, -0.15) is 0 Å². The predicted octanol–water partition coefficient (Wildman–Crippen LogP) is 2.17. The van der Waals surface area contributed by atoms with Crippen molar-refractivity contribution in [3.63, 3.8) is 0 Å². The third-order valence-electron chi connectivity index (χ3n) is 4.53. The number of benzene rings is 1. The summed E-state index contributed by atoms with van der Waals surface area (Å²) in [5.74, 6) is -1.64. The van der Waals surface area contributed by atoms with Crippen molar-refractivity contribution in [1.82, 2.24) is 15.5 Å². The number of nitrogens with zero attached hydrogens (tertiary/aromatic N) is 1. The summed E-state index contributed by atoms with van der Waals surface area (Å²) in [4.78, 5) is 25.9. The number of likely N-dealkylation sites (tertiary alicyclic amines) is 1. The molecule has 1 aliphatic heterocycles. The van der Waals surface area contributed by atoms with Gasteiger partial charge in [-0.05, 0) is 31.7 Å². The average molecular weight is 337 g/mol. The number of hydrogen-bond acceptors (Lipinski definition) is 2. The molecular weight excluding hydrogens is 316 g/mol. The minimum Gasteiger partial charge on any atom is -0.352 e. The van der Waals surface area contributed by atoms with Gasteiger partial charge in [-0.25, -0.2) is 13.6 Å². The van der Waals surface area contributed by atoms with E-state index in [1.54, 1.807) is 4.90 Å². The van der Waals surface area contributed by atoms with Crippen LogP contribution in [0.4, 0.5) is 13.6 Å². The van der Waals surface area contributed by atoms with Crippen LogP contribution in [0.5, 0.6) is 0 Å². The normalized spacial score (nSPS) is 18.3. The van der Waals surface area contributed by atoms with Gasteiger partial charge in [0.05, 0.1) is 0 Å². The van der Waals surface area contributed by atoms with Gasteiger partial charge in [0, 0.05) is 43.2 Å². The van der Waals surface area contributed by atoms with Gasteiger partial charge >= 0.3 is 6.03 Å². The Hall–Kier alpha value is -2.18. The van der Waals surface area contributed by atoms with E-state index in [0.29, 0.717) is 32.0 Å². The Labute approximate surface area is 139 Å². The number of amides is 3. The smallest absolute Gasteiger partial charge is 0.317 e. The van der Waals surface area contributed by atoms with E-state index in [-0.39, 0.29) is 30.0 Å². The van der Waals surface area contributed by atoms with Crippen molar-refractivity contribution in [3.8, 4) is 0 Å². The van der Waals surface area contributed by atoms with Crippen LogP contribution in [0.15, 0.2) is 18.2 Å². The van der Waals surface area contributed by atoms with Gasteiger partial charge in [-0.1, -0.05) is 6.07 Å². The predicted molar refractivity (Wildman–Crippen MR) is 84.1 cm³/mol. The van der Waals surface area contributed by atoms with Gasteiger partial charge in [-0.3, -0.25) is 4.79 Å². The summed E-state index contributed by atoms with van der Waals surface area (Å²) in [5.41, 5.74) is 0.256.